The smallest absolute Gasteiger partial charge is 0.207 e. The van der Waals surface area contributed by atoms with Crippen molar-refractivity contribution in [2.24, 2.45) is 0 Å². The molecule has 1 aromatic carbocycles. The number of ether oxygens (including phenoxy) is 2. The fourth-order valence-corrected chi connectivity index (χ4v) is 2.13. The molecule has 2 rings (SSSR count). The van der Waals surface area contributed by atoms with Crippen LogP contribution in [-0.4, -0.2) is 24.7 Å². The van der Waals surface area contributed by atoms with E-state index in [0.717, 1.165) is 10.0 Å². The number of fused-ring (bicyclic) bond motifs is 1. The molecule has 0 unspecified atom stereocenters. The van der Waals surface area contributed by atoms with Crippen molar-refractivity contribution in [1.29, 1.82) is 0 Å². The van der Waals surface area contributed by atoms with Crippen molar-refractivity contribution in [3.63, 3.8) is 0 Å². The van der Waals surface area contributed by atoms with Gasteiger partial charge in [-0.2, -0.15) is 0 Å². The molecule has 0 aromatic heterocycles. The van der Waals surface area contributed by atoms with Crippen LogP contribution >= 0.6 is 15.9 Å². The van der Waals surface area contributed by atoms with E-state index in [1.165, 1.54) is 0 Å². The van der Waals surface area contributed by atoms with Gasteiger partial charge >= 0.3 is 0 Å². The molecule has 0 N–H and O–H groups in total. The van der Waals surface area contributed by atoms with Crippen molar-refractivity contribution >= 4 is 15.9 Å². The first-order valence-electron chi connectivity index (χ1n) is 4.86. The second-order valence-electron chi connectivity index (χ2n) is 3.41. The number of hydrogen-bond acceptors (Lipinski definition) is 4. The van der Waals surface area contributed by atoms with Crippen LogP contribution in [0.5, 0.6) is 11.5 Å². The van der Waals surface area contributed by atoms with Crippen LogP contribution in [0.1, 0.15) is 5.56 Å². The number of hydrogen-bond donors (Lipinski definition) is 0. The van der Waals surface area contributed by atoms with Gasteiger partial charge in [0.15, 0.2) is 11.5 Å². The zero-order valence-electron chi connectivity index (χ0n) is 8.44. The molecule has 0 spiro atoms. The number of nitro groups is 1. The van der Waals surface area contributed by atoms with E-state index in [1.807, 2.05) is 6.07 Å². The Morgan fingerprint density at radius 1 is 1.38 bits per heavy atom. The molecular formula is C10H10BrNO4. The van der Waals surface area contributed by atoms with Crippen LogP contribution in [0.4, 0.5) is 0 Å². The highest BCUT2D eigenvalue weighted by Crippen LogP contribution is 2.38. The van der Waals surface area contributed by atoms with Crippen LogP contribution in [0, 0.1) is 10.1 Å². The van der Waals surface area contributed by atoms with Crippen molar-refractivity contribution < 1.29 is 14.4 Å². The van der Waals surface area contributed by atoms with E-state index in [-0.39, 0.29) is 11.5 Å². The summed E-state index contributed by atoms with van der Waals surface area (Å²) < 4.78 is 11.6. The summed E-state index contributed by atoms with van der Waals surface area (Å²) in [6.07, 6.45) is 0.391. The lowest BCUT2D eigenvalue weighted by atomic mass is 10.1. The molecule has 0 saturated heterocycles. The Labute approximate surface area is 101 Å². The van der Waals surface area contributed by atoms with Gasteiger partial charge in [0, 0.05) is 11.3 Å². The zero-order valence-corrected chi connectivity index (χ0v) is 10.0. The Kier molecular flexibility index (Phi) is 3.28. The van der Waals surface area contributed by atoms with Crippen molar-refractivity contribution in [2.45, 2.75) is 6.42 Å². The minimum atomic E-state index is -0.329. The first-order chi connectivity index (χ1) is 7.66. The maximum Gasteiger partial charge on any atom is 0.207 e. The highest BCUT2D eigenvalue weighted by atomic mass is 79.9. The minimum Gasteiger partial charge on any atom is -0.486 e. The maximum absolute atomic E-state index is 10.3. The van der Waals surface area contributed by atoms with Crippen molar-refractivity contribution in [3.8, 4) is 11.5 Å². The summed E-state index contributed by atoms with van der Waals surface area (Å²) in [5.74, 6) is 1.33. The van der Waals surface area contributed by atoms with Crippen molar-refractivity contribution in [2.75, 3.05) is 19.8 Å². The second-order valence-corrected chi connectivity index (χ2v) is 4.26. The lowest BCUT2D eigenvalue weighted by Crippen LogP contribution is -2.16. The Morgan fingerprint density at radius 3 is 2.88 bits per heavy atom. The largest absolute Gasteiger partial charge is 0.486 e. The number of nitrogens with zero attached hydrogens (tertiary/aromatic N) is 1. The Morgan fingerprint density at radius 2 is 2.12 bits per heavy atom. The molecule has 0 bridgehead atoms. The van der Waals surface area contributed by atoms with Gasteiger partial charge < -0.3 is 9.47 Å². The molecule has 16 heavy (non-hydrogen) atoms. The summed E-state index contributed by atoms with van der Waals surface area (Å²) in [7, 11) is 0. The Bertz CT molecular complexity index is 422. The predicted octanol–water partition coefficient (Wildman–Crippen LogP) is 2.04. The average Bonchev–Trinajstić information content (AvgIpc) is 2.26. The summed E-state index contributed by atoms with van der Waals surface area (Å²) in [6, 6.07) is 3.62. The van der Waals surface area contributed by atoms with E-state index >= 15 is 0 Å². The van der Waals surface area contributed by atoms with Gasteiger partial charge in [-0.1, -0.05) is 0 Å². The van der Waals surface area contributed by atoms with Crippen LogP contribution in [0.25, 0.3) is 0 Å². The summed E-state index contributed by atoms with van der Waals surface area (Å²) >= 11 is 3.37. The van der Waals surface area contributed by atoms with Crippen LogP contribution < -0.4 is 9.47 Å². The number of halogens is 1. The fourth-order valence-electron chi connectivity index (χ4n) is 1.53. The van der Waals surface area contributed by atoms with E-state index in [9.17, 15) is 10.1 Å². The molecule has 0 radical (unpaired) electrons. The molecule has 86 valence electrons. The summed E-state index contributed by atoms with van der Waals surface area (Å²) in [5.41, 5.74) is 0.868. The average molecular weight is 288 g/mol. The maximum atomic E-state index is 10.3. The molecule has 0 fully saturated rings. The molecule has 0 atom stereocenters. The SMILES string of the molecule is O=[N+]([O-])CCc1cc(Br)c2c(c1)OCCO2. The third-order valence-corrected chi connectivity index (χ3v) is 2.83. The summed E-state index contributed by atoms with van der Waals surface area (Å²) in [4.78, 5) is 9.96. The molecule has 1 aliphatic heterocycles. The first-order valence-corrected chi connectivity index (χ1v) is 5.66. The van der Waals surface area contributed by atoms with E-state index < -0.39 is 0 Å². The third kappa shape index (κ3) is 2.44. The third-order valence-electron chi connectivity index (χ3n) is 2.24. The monoisotopic (exact) mass is 287 g/mol. The zero-order chi connectivity index (χ0) is 11.5. The van der Waals surface area contributed by atoms with Gasteiger partial charge in [-0.3, -0.25) is 10.1 Å². The molecule has 6 heteroatoms. The fraction of sp³-hybridized carbons (Fsp3) is 0.400. The van der Waals surface area contributed by atoms with Gasteiger partial charge in [-0.25, -0.2) is 0 Å². The summed E-state index contributed by atoms with van der Waals surface area (Å²) in [6.45, 7) is 0.962. The minimum absolute atomic E-state index is 0.0773. The van der Waals surface area contributed by atoms with E-state index in [0.29, 0.717) is 31.1 Å². The van der Waals surface area contributed by atoms with Gasteiger partial charge in [-0.05, 0) is 33.6 Å². The van der Waals surface area contributed by atoms with Crippen molar-refractivity contribution in [1.82, 2.24) is 0 Å². The van der Waals surface area contributed by atoms with Crippen molar-refractivity contribution in [3.05, 3.63) is 32.3 Å². The highest BCUT2D eigenvalue weighted by molar-refractivity contribution is 9.10. The van der Waals surface area contributed by atoms with Crippen LogP contribution in [0.2, 0.25) is 0 Å². The molecule has 0 amide bonds. The van der Waals surface area contributed by atoms with Gasteiger partial charge in [0.25, 0.3) is 0 Å². The van der Waals surface area contributed by atoms with Crippen LogP contribution in [-0.2, 0) is 6.42 Å². The molecule has 0 saturated carbocycles. The van der Waals surface area contributed by atoms with Gasteiger partial charge in [0.05, 0.1) is 4.47 Å². The van der Waals surface area contributed by atoms with Crippen LogP contribution in [0.3, 0.4) is 0 Å². The van der Waals surface area contributed by atoms with Crippen LogP contribution in [0.15, 0.2) is 16.6 Å². The number of benzene rings is 1. The quantitative estimate of drug-likeness (QED) is 0.630. The normalized spacial score (nSPS) is 13.6. The lowest BCUT2D eigenvalue weighted by Gasteiger charge is -2.20. The van der Waals surface area contributed by atoms with E-state index in [2.05, 4.69) is 15.9 Å². The van der Waals surface area contributed by atoms with E-state index in [4.69, 9.17) is 9.47 Å². The standard InChI is InChI=1S/C10H10BrNO4/c11-8-5-7(1-2-12(13)14)6-9-10(8)16-4-3-15-9/h5-6H,1-4H2. The summed E-state index contributed by atoms with van der Waals surface area (Å²) in [5, 5.41) is 10.3. The predicted molar refractivity (Wildman–Crippen MR) is 60.7 cm³/mol. The molecular weight excluding hydrogens is 278 g/mol. The van der Waals surface area contributed by atoms with Gasteiger partial charge in [0.2, 0.25) is 6.54 Å². The molecule has 5 nitrogen and oxygen atoms in total. The topological polar surface area (TPSA) is 61.6 Å². The molecule has 1 aromatic rings. The van der Waals surface area contributed by atoms with Gasteiger partial charge in [0.1, 0.15) is 13.2 Å². The van der Waals surface area contributed by atoms with E-state index in [1.54, 1.807) is 6.07 Å². The molecule has 1 heterocycles. The Balaban J connectivity index is 2.21. The molecule has 1 aliphatic rings. The lowest BCUT2D eigenvalue weighted by molar-refractivity contribution is -0.479. The Hall–Kier alpha value is -1.30. The number of rotatable bonds is 3. The molecule has 0 aliphatic carbocycles. The highest BCUT2D eigenvalue weighted by Gasteiger charge is 2.16. The second kappa shape index (κ2) is 4.69. The first kappa shape index (κ1) is 11.2. The van der Waals surface area contributed by atoms with Gasteiger partial charge in [-0.15, -0.1) is 0 Å².